The number of rotatable bonds is 8. The van der Waals surface area contributed by atoms with Crippen LogP contribution in [-0.2, 0) is 14.4 Å². The van der Waals surface area contributed by atoms with Crippen molar-refractivity contribution >= 4 is 22.7 Å². The summed E-state index contributed by atoms with van der Waals surface area (Å²) in [5.41, 5.74) is 0.951. The van der Waals surface area contributed by atoms with E-state index in [1.165, 1.54) is 43.1 Å². The number of thioether (sulfide) groups is 1. The van der Waals surface area contributed by atoms with E-state index in [2.05, 4.69) is 10.0 Å². The van der Waals surface area contributed by atoms with Gasteiger partial charge in [-0.3, -0.25) is 4.79 Å². The third-order valence-corrected chi connectivity index (χ3v) is 7.98. The fourth-order valence-corrected chi connectivity index (χ4v) is 6.00. The Bertz CT molecular complexity index is 1030. The van der Waals surface area contributed by atoms with Crippen LogP contribution in [0.1, 0.15) is 50.2 Å². The Kier molecular flexibility index (Phi) is 8.01. The summed E-state index contributed by atoms with van der Waals surface area (Å²) in [6, 6.07) is 13.0. The number of nitrogens with zero attached hydrogens (tertiary/aromatic N) is 3. The van der Waals surface area contributed by atoms with Crippen molar-refractivity contribution in [3.8, 4) is 0 Å². The van der Waals surface area contributed by atoms with Crippen LogP contribution >= 0.6 is 11.8 Å². The molecule has 1 amide bonds. The Labute approximate surface area is 204 Å². The highest BCUT2D eigenvalue weighted by molar-refractivity contribution is 8.15. The van der Waals surface area contributed by atoms with Crippen LogP contribution < -0.4 is 0 Å². The van der Waals surface area contributed by atoms with Crippen LogP contribution in [0.3, 0.4) is 0 Å². The first-order chi connectivity index (χ1) is 16.4. The normalized spacial score (nSPS) is 22.0. The molecule has 0 saturated carbocycles. The van der Waals surface area contributed by atoms with Crippen LogP contribution in [0.2, 0.25) is 0 Å². The van der Waals surface area contributed by atoms with Crippen LogP contribution in [0.15, 0.2) is 53.6 Å². The van der Waals surface area contributed by atoms with Gasteiger partial charge in [0.2, 0.25) is 0 Å². The maximum Gasteiger partial charge on any atom is 0.273 e. The number of methoxy groups -OCH3 is 1. The molecule has 0 aliphatic carbocycles. The zero-order valence-electron chi connectivity index (χ0n) is 19.7. The number of hydrazone groups is 1. The quantitative estimate of drug-likeness (QED) is 0.503. The first-order valence-electron chi connectivity index (χ1n) is 11.8. The van der Waals surface area contributed by atoms with Gasteiger partial charge in [-0.25, -0.2) is 13.8 Å². The van der Waals surface area contributed by atoms with Gasteiger partial charge in [-0.15, -0.1) is 0 Å². The Balaban J connectivity index is 1.72. The molecule has 0 aromatic heterocycles. The van der Waals surface area contributed by atoms with E-state index >= 15 is 0 Å². The highest BCUT2D eigenvalue weighted by Crippen LogP contribution is 2.51. The van der Waals surface area contributed by atoms with E-state index in [1.54, 1.807) is 6.92 Å². The summed E-state index contributed by atoms with van der Waals surface area (Å²) < 4.78 is 34.1. The second-order valence-electron chi connectivity index (χ2n) is 8.82. The molecule has 2 aromatic carbocycles. The van der Waals surface area contributed by atoms with Gasteiger partial charge in [-0.1, -0.05) is 48.5 Å². The van der Waals surface area contributed by atoms with E-state index in [9.17, 15) is 13.6 Å². The Hall–Kier alpha value is -2.29. The van der Waals surface area contributed by atoms with Crippen LogP contribution in [0.25, 0.3) is 0 Å². The molecule has 1 saturated heterocycles. The molecule has 4 rings (SSSR count). The number of hydrogen-bond donors (Lipinski definition) is 0. The van der Waals surface area contributed by atoms with Crippen LogP contribution in [0.4, 0.5) is 8.78 Å². The monoisotopic (exact) mass is 487 g/mol. The fourth-order valence-electron chi connectivity index (χ4n) is 4.57. The molecule has 8 heteroatoms. The number of likely N-dealkylation sites (tertiary alicyclic amines) is 1. The number of amides is 1. The van der Waals surface area contributed by atoms with Gasteiger partial charge in [0.15, 0.2) is 0 Å². The van der Waals surface area contributed by atoms with Crippen molar-refractivity contribution in [2.45, 2.75) is 50.0 Å². The summed E-state index contributed by atoms with van der Waals surface area (Å²) in [6.45, 7) is 4.77. The third-order valence-electron chi connectivity index (χ3n) is 6.53. The summed E-state index contributed by atoms with van der Waals surface area (Å²) in [4.78, 5) is 15.0. The Morgan fingerprint density at radius 2 is 1.88 bits per heavy atom. The second-order valence-corrected chi connectivity index (χ2v) is 10.1. The molecule has 5 nitrogen and oxygen atoms in total. The van der Waals surface area contributed by atoms with Crippen molar-refractivity contribution in [3.05, 3.63) is 71.3 Å². The fraction of sp³-hybridized carbons (Fsp3) is 0.462. The first-order valence-corrected chi connectivity index (χ1v) is 12.6. The van der Waals surface area contributed by atoms with Crippen molar-refractivity contribution in [2.24, 2.45) is 5.10 Å². The lowest BCUT2D eigenvalue weighted by atomic mass is 9.99. The van der Waals surface area contributed by atoms with E-state index in [1.807, 2.05) is 30.3 Å². The largest absolute Gasteiger partial charge is 0.372 e. The number of benzene rings is 2. The van der Waals surface area contributed by atoms with E-state index in [0.29, 0.717) is 6.42 Å². The molecular weight excluding hydrogens is 456 g/mol. The van der Waals surface area contributed by atoms with Gasteiger partial charge in [0.1, 0.15) is 27.7 Å². The predicted molar refractivity (Wildman–Crippen MR) is 131 cm³/mol. The van der Waals surface area contributed by atoms with Gasteiger partial charge in [0.25, 0.3) is 5.91 Å². The van der Waals surface area contributed by atoms with Gasteiger partial charge < -0.3 is 9.64 Å². The van der Waals surface area contributed by atoms with Gasteiger partial charge >= 0.3 is 0 Å². The topological polar surface area (TPSA) is 45.1 Å². The van der Waals surface area contributed by atoms with E-state index in [4.69, 9.17) is 4.74 Å². The molecule has 2 heterocycles. The van der Waals surface area contributed by atoms with Crippen molar-refractivity contribution in [1.29, 1.82) is 0 Å². The maximum absolute atomic E-state index is 14.7. The molecule has 2 aliphatic heterocycles. The summed E-state index contributed by atoms with van der Waals surface area (Å²) in [5, 5.41) is 6.32. The molecule has 2 aromatic rings. The molecule has 1 fully saturated rings. The summed E-state index contributed by atoms with van der Waals surface area (Å²) in [5.74, 6) is -1.44. The molecule has 2 aliphatic rings. The van der Waals surface area contributed by atoms with Crippen molar-refractivity contribution in [3.63, 3.8) is 0 Å². The van der Waals surface area contributed by atoms with Crippen molar-refractivity contribution in [1.82, 2.24) is 9.91 Å². The number of carbonyl (C=O) groups excluding carboxylic acids is 1. The lowest BCUT2D eigenvalue weighted by Crippen LogP contribution is -2.46. The minimum Gasteiger partial charge on any atom is -0.372 e. The van der Waals surface area contributed by atoms with Crippen LogP contribution in [0.5, 0.6) is 0 Å². The Morgan fingerprint density at radius 3 is 2.59 bits per heavy atom. The number of hydrogen-bond acceptors (Lipinski definition) is 5. The van der Waals surface area contributed by atoms with Crippen molar-refractivity contribution in [2.75, 3.05) is 26.7 Å². The minimum absolute atomic E-state index is 0.0571. The second kappa shape index (κ2) is 11.0. The number of ether oxygens (including phenoxy) is 1. The summed E-state index contributed by atoms with van der Waals surface area (Å²) >= 11 is 1.31. The zero-order valence-corrected chi connectivity index (χ0v) is 20.5. The number of halogens is 2. The van der Waals surface area contributed by atoms with E-state index in [0.717, 1.165) is 49.8 Å². The molecule has 1 unspecified atom stereocenters. The maximum atomic E-state index is 14.7. The van der Waals surface area contributed by atoms with Gasteiger partial charge in [0.05, 0.1) is 0 Å². The van der Waals surface area contributed by atoms with Crippen LogP contribution in [0, 0.1) is 11.6 Å². The van der Waals surface area contributed by atoms with Crippen LogP contribution in [-0.4, -0.2) is 53.7 Å². The standard InChI is InChI=1S/C26H31F2N3O2S/c1-19(33-2)25(32)31-26(20-10-5-3-6-11-20,14-9-17-30-15-7-4-8-16-30)34-24(29-31)22-18-21(27)12-13-23(22)28/h3,5-6,10-13,18-19H,4,7-9,14-17H2,1-2H3/t19-,26?/m0/s1. The van der Waals surface area contributed by atoms with E-state index < -0.39 is 22.6 Å². The van der Waals surface area contributed by atoms with Gasteiger partial charge in [0, 0.05) is 12.7 Å². The average Bonchev–Trinajstić information content (AvgIpc) is 3.26. The summed E-state index contributed by atoms with van der Waals surface area (Å²) in [6.07, 6.45) is 4.41. The molecule has 0 radical (unpaired) electrons. The molecule has 2 atom stereocenters. The van der Waals surface area contributed by atoms with Gasteiger partial charge in [-0.2, -0.15) is 5.10 Å². The first kappa shape index (κ1) is 24.8. The lowest BCUT2D eigenvalue weighted by molar-refractivity contribution is -0.144. The molecule has 0 spiro atoms. The number of piperidine rings is 1. The smallest absolute Gasteiger partial charge is 0.273 e. The summed E-state index contributed by atoms with van der Waals surface area (Å²) in [7, 11) is 1.48. The third kappa shape index (κ3) is 5.19. The van der Waals surface area contributed by atoms with Gasteiger partial charge in [-0.05, 0) is 76.0 Å². The molecule has 0 bridgehead atoms. The SMILES string of the molecule is CO[C@@H](C)C(=O)N1N=C(c2cc(F)ccc2F)SC1(CCCN1CCCCC1)c1ccccc1. The predicted octanol–water partition coefficient (Wildman–Crippen LogP) is 5.36. The van der Waals surface area contributed by atoms with Crippen molar-refractivity contribution < 1.29 is 18.3 Å². The highest BCUT2D eigenvalue weighted by atomic mass is 32.2. The highest BCUT2D eigenvalue weighted by Gasteiger charge is 2.49. The number of carbonyl (C=O) groups is 1. The average molecular weight is 488 g/mol. The molecule has 34 heavy (non-hydrogen) atoms. The lowest BCUT2D eigenvalue weighted by Gasteiger charge is -2.37. The molecular formula is C26H31F2N3O2S. The minimum atomic E-state index is -0.880. The molecule has 182 valence electrons. The zero-order chi connectivity index (χ0) is 24.1. The van der Waals surface area contributed by atoms with E-state index in [-0.39, 0.29) is 16.5 Å². The molecule has 0 N–H and O–H groups in total. The Morgan fingerprint density at radius 1 is 1.15 bits per heavy atom.